The van der Waals surface area contributed by atoms with E-state index in [9.17, 15) is 36.7 Å². The van der Waals surface area contributed by atoms with E-state index in [1.54, 1.807) is 18.2 Å². The molecule has 0 bridgehead atoms. The van der Waals surface area contributed by atoms with E-state index in [0.717, 1.165) is 31.9 Å². The predicted octanol–water partition coefficient (Wildman–Crippen LogP) is 4.23. The molecule has 2 aromatic rings. The topological polar surface area (TPSA) is 117 Å². The Hall–Kier alpha value is -4.20. The summed E-state index contributed by atoms with van der Waals surface area (Å²) in [6.07, 6.45) is -3.81. The smallest absolute Gasteiger partial charge is 0.418 e. The van der Waals surface area contributed by atoms with E-state index in [1.807, 2.05) is 0 Å². The largest absolute Gasteiger partial charge is 0.427 e. The van der Waals surface area contributed by atoms with Crippen molar-refractivity contribution in [2.24, 2.45) is 0 Å². The summed E-state index contributed by atoms with van der Waals surface area (Å²) in [6, 6.07) is 6.64. The SMILES string of the molecule is C[C@H](N(Cc1ccc(F)cc1)C(=O)CN1C(=O)O[C@@]2(CCc3cc(NC(=O)NC[C@H]4CCCO4)ccc32)C1=O)C(F)(F)F. The van der Waals surface area contributed by atoms with Gasteiger partial charge in [0.05, 0.1) is 6.10 Å². The number of halogens is 4. The molecule has 1 spiro atoms. The zero-order valence-electron chi connectivity index (χ0n) is 23.2. The molecule has 43 heavy (non-hydrogen) atoms. The molecule has 0 radical (unpaired) electrons. The van der Waals surface area contributed by atoms with Crippen LogP contribution in [0.15, 0.2) is 42.5 Å². The number of aryl methyl sites for hydroxylation is 1. The number of rotatable bonds is 8. The Labute approximate surface area is 244 Å². The highest BCUT2D eigenvalue weighted by atomic mass is 19.4. The number of hydrogen-bond donors (Lipinski definition) is 2. The fourth-order valence-corrected chi connectivity index (χ4v) is 5.55. The Kier molecular flexibility index (Phi) is 8.32. The first-order valence-electron chi connectivity index (χ1n) is 13.8. The zero-order chi connectivity index (χ0) is 30.9. The van der Waals surface area contributed by atoms with E-state index in [1.165, 1.54) is 12.1 Å². The number of carbonyl (C=O) groups is 4. The maximum absolute atomic E-state index is 13.7. The molecule has 2 N–H and O–H groups in total. The van der Waals surface area contributed by atoms with E-state index in [2.05, 4.69) is 10.6 Å². The number of hydrogen-bond acceptors (Lipinski definition) is 6. The fraction of sp³-hybridized carbons (Fsp3) is 0.448. The van der Waals surface area contributed by atoms with Crippen LogP contribution in [0.25, 0.3) is 0 Å². The summed E-state index contributed by atoms with van der Waals surface area (Å²) < 4.78 is 65.3. The van der Waals surface area contributed by atoms with Gasteiger partial charge in [-0.15, -0.1) is 0 Å². The summed E-state index contributed by atoms with van der Waals surface area (Å²) in [7, 11) is 0. The lowest BCUT2D eigenvalue weighted by atomic mass is 9.94. The molecule has 0 saturated carbocycles. The van der Waals surface area contributed by atoms with Crippen molar-refractivity contribution in [3.05, 3.63) is 65.0 Å². The summed E-state index contributed by atoms with van der Waals surface area (Å²) in [5.41, 5.74) is -0.0489. The monoisotopic (exact) mass is 606 g/mol. The average molecular weight is 607 g/mol. The normalized spacial score (nSPS) is 22.0. The van der Waals surface area contributed by atoms with Gasteiger partial charge >= 0.3 is 18.3 Å². The Morgan fingerprint density at radius 2 is 1.91 bits per heavy atom. The van der Waals surface area contributed by atoms with Gasteiger partial charge in [0.2, 0.25) is 11.5 Å². The van der Waals surface area contributed by atoms with Crippen LogP contribution in [-0.4, -0.2) is 71.8 Å². The minimum atomic E-state index is -4.80. The number of nitrogens with zero attached hydrogens (tertiary/aromatic N) is 2. The lowest BCUT2D eigenvalue weighted by Crippen LogP contribution is -2.51. The number of amides is 5. The fourth-order valence-electron chi connectivity index (χ4n) is 5.55. The molecular formula is C29H30F4N4O6. The van der Waals surface area contributed by atoms with Gasteiger partial charge in [0.15, 0.2) is 0 Å². The Morgan fingerprint density at radius 3 is 2.58 bits per heavy atom. The Balaban J connectivity index is 1.28. The van der Waals surface area contributed by atoms with Crippen LogP contribution in [0.2, 0.25) is 0 Å². The number of alkyl halides is 3. The number of urea groups is 1. The number of anilines is 1. The minimum absolute atomic E-state index is 0.0322. The van der Waals surface area contributed by atoms with Gasteiger partial charge < -0.3 is 25.0 Å². The molecule has 0 aromatic heterocycles. The van der Waals surface area contributed by atoms with Crippen LogP contribution in [0.5, 0.6) is 0 Å². The van der Waals surface area contributed by atoms with Crippen LogP contribution in [0.1, 0.15) is 42.9 Å². The minimum Gasteiger partial charge on any atom is -0.427 e. The van der Waals surface area contributed by atoms with Crippen LogP contribution < -0.4 is 10.6 Å². The van der Waals surface area contributed by atoms with E-state index >= 15 is 0 Å². The maximum Gasteiger partial charge on any atom is 0.418 e. The summed E-state index contributed by atoms with van der Waals surface area (Å²) >= 11 is 0. The number of imide groups is 1. The standard InChI is InChI=1S/C29H30F4N4O6/c1-17(29(31,32)33)36(15-18-4-6-20(30)7-5-18)24(38)16-37-25(39)28(43-27(37)41)11-10-19-13-21(8-9-23(19)28)35-26(40)34-14-22-3-2-12-42-22/h4-9,13,17,22H,2-3,10-12,14-16H2,1H3,(H2,34,35,40)/t17-,22+,28+/m0/s1. The second-order valence-electron chi connectivity index (χ2n) is 10.8. The lowest BCUT2D eigenvalue weighted by molar-refractivity contribution is -0.187. The van der Waals surface area contributed by atoms with Gasteiger partial charge in [-0.3, -0.25) is 9.59 Å². The number of ether oxygens (including phenoxy) is 2. The second-order valence-corrected chi connectivity index (χ2v) is 10.8. The van der Waals surface area contributed by atoms with Gasteiger partial charge in [-0.1, -0.05) is 18.2 Å². The van der Waals surface area contributed by atoms with Crippen LogP contribution >= 0.6 is 0 Å². The molecule has 2 aliphatic heterocycles. The molecular weight excluding hydrogens is 576 g/mol. The van der Waals surface area contributed by atoms with Gasteiger partial charge in [0.1, 0.15) is 18.4 Å². The van der Waals surface area contributed by atoms with Crippen LogP contribution in [0.4, 0.5) is 32.8 Å². The van der Waals surface area contributed by atoms with E-state index in [4.69, 9.17) is 9.47 Å². The molecule has 2 fully saturated rings. The average Bonchev–Trinajstić information content (AvgIpc) is 3.66. The molecule has 2 aromatic carbocycles. The third-order valence-corrected chi connectivity index (χ3v) is 7.95. The summed E-state index contributed by atoms with van der Waals surface area (Å²) in [5.74, 6) is -2.59. The maximum atomic E-state index is 13.7. The number of carbonyl (C=O) groups excluding carboxylic acids is 4. The van der Waals surface area contributed by atoms with Gasteiger partial charge in [-0.2, -0.15) is 13.2 Å². The zero-order valence-corrected chi connectivity index (χ0v) is 23.2. The van der Waals surface area contributed by atoms with Gasteiger partial charge in [-0.05, 0) is 61.6 Å². The van der Waals surface area contributed by atoms with Gasteiger partial charge in [0.25, 0.3) is 5.91 Å². The second kappa shape index (κ2) is 11.8. The molecule has 3 atom stereocenters. The van der Waals surface area contributed by atoms with E-state index < -0.39 is 60.7 Å². The molecule has 2 heterocycles. The Morgan fingerprint density at radius 1 is 1.16 bits per heavy atom. The van der Waals surface area contributed by atoms with Crippen molar-refractivity contribution >= 4 is 29.6 Å². The third-order valence-electron chi connectivity index (χ3n) is 7.95. The molecule has 1 aliphatic carbocycles. The van der Waals surface area contributed by atoms with Crippen LogP contribution in [-0.2, 0) is 37.6 Å². The molecule has 14 heteroatoms. The van der Waals surface area contributed by atoms with Crippen molar-refractivity contribution in [3.63, 3.8) is 0 Å². The Bertz CT molecular complexity index is 1410. The summed E-state index contributed by atoms with van der Waals surface area (Å²) in [5, 5.41) is 5.46. The van der Waals surface area contributed by atoms with Crippen molar-refractivity contribution in [3.8, 4) is 0 Å². The van der Waals surface area contributed by atoms with Gasteiger partial charge in [0, 0.05) is 37.4 Å². The number of benzene rings is 2. The molecule has 10 nitrogen and oxygen atoms in total. The quantitative estimate of drug-likeness (QED) is 0.435. The first kappa shape index (κ1) is 30.3. The predicted molar refractivity (Wildman–Crippen MR) is 143 cm³/mol. The molecule has 3 aliphatic rings. The highest BCUT2D eigenvalue weighted by Crippen LogP contribution is 2.46. The third kappa shape index (κ3) is 6.28. The van der Waals surface area contributed by atoms with Crippen molar-refractivity contribution < 1.29 is 46.2 Å². The first-order chi connectivity index (χ1) is 20.4. The first-order valence-corrected chi connectivity index (χ1v) is 13.8. The molecule has 230 valence electrons. The number of fused-ring (bicyclic) bond motifs is 2. The van der Waals surface area contributed by atoms with Gasteiger partial charge in [-0.25, -0.2) is 18.9 Å². The lowest BCUT2D eigenvalue weighted by Gasteiger charge is -2.31. The summed E-state index contributed by atoms with van der Waals surface area (Å²) in [4.78, 5) is 52.9. The van der Waals surface area contributed by atoms with E-state index in [-0.39, 0.29) is 18.1 Å². The van der Waals surface area contributed by atoms with Crippen molar-refractivity contribution in [2.75, 3.05) is 25.0 Å². The number of nitrogens with one attached hydrogen (secondary N) is 2. The van der Waals surface area contributed by atoms with E-state index in [0.29, 0.717) is 46.2 Å². The molecule has 5 rings (SSSR count). The summed E-state index contributed by atoms with van der Waals surface area (Å²) in [6.45, 7) is 0.315. The van der Waals surface area contributed by atoms with Crippen LogP contribution in [0.3, 0.4) is 0 Å². The highest BCUT2D eigenvalue weighted by Gasteiger charge is 2.58. The highest BCUT2D eigenvalue weighted by molar-refractivity contribution is 6.06. The molecule has 5 amide bonds. The van der Waals surface area contributed by atoms with Crippen molar-refractivity contribution in [1.29, 1.82) is 0 Å². The van der Waals surface area contributed by atoms with Crippen molar-refractivity contribution in [1.82, 2.24) is 15.1 Å². The molecule has 2 saturated heterocycles. The van der Waals surface area contributed by atoms with Crippen LogP contribution in [0, 0.1) is 5.82 Å². The van der Waals surface area contributed by atoms with Crippen molar-refractivity contribution in [2.45, 2.75) is 63.1 Å². The molecule has 0 unspecified atom stereocenters.